The lowest BCUT2D eigenvalue weighted by Crippen LogP contribution is -2.12. The fraction of sp³-hybridized carbons (Fsp3) is 0.333. The number of benzene rings is 1. The molecule has 6 nitrogen and oxygen atoms in total. The van der Waals surface area contributed by atoms with Crippen LogP contribution in [0.5, 0.6) is 5.75 Å². The van der Waals surface area contributed by atoms with Crippen LogP contribution >= 0.6 is 0 Å². The van der Waals surface area contributed by atoms with Gasteiger partial charge in [0.05, 0.1) is 13.7 Å². The molecule has 0 heterocycles. The molecule has 0 aliphatic heterocycles. The van der Waals surface area contributed by atoms with Gasteiger partial charge in [0.15, 0.2) is 0 Å². The van der Waals surface area contributed by atoms with Crippen LogP contribution in [-0.2, 0) is 11.3 Å². The lowest BCUT2D eigenvalue weighted by molar-refractivity contribution is 0.177. The summed E-state index contributed by atoms with van der Waals surface area (Å²) in [6.07, 6.45) is 0. The van der Waals surface area contributed by atoms with E-state index >= 15 is 0 Å². The van der Waals surface area contributed by atoms with Crippen LogP contribution in [0, 0.1) is 6.92 Å². The topological polar surface area (TPSA) is 83.6 Å². The van der Waals surface area contributed by atoms with Crippen molar-refractivity contribution in [3.63, 3.8) is 0 Å². The molecule has 0 aliphatic rings. The summed E-state index contributed by atoms with van der Waals surface area (Å²) in [4.78, 5) is 0. The zero-order chi connectivity index (χ0) is 12.0. The molecule has 0 fully saturated rings. The summed E-state index contributed by atoms with van der Waals surface area (Å²) in [5, 5.41) is 23.5. The van der Waals surface area contributed by atoms with Crippen molar-refractivity contribution < 1.29 is 19.5 Å². The second-order valence-electron chi connectivity index (χ2n) is 3.08. The van der Waals surface area contributed by atoms with Gasteiger partial charge in [-0.25, -0.2) is 0 Å². The van der Waals surface area contributed by atoms with E-state index in [-0.39, 0.29) is 6.54 Å². The van der Waals surface area contributed by atoms with E-state index in [4.69, 9.17) is 14.8 Å². The Bertz CT molecular complexity index is 371. The summed E-state index contributed by atoms with van der Waals surface area (Å²) in [5.74, 6) is 0.742. The van der Waals surface area contributed by atoms with Crippen molar-refractivity contribution in [2.45, 2.75) is 13.5 Å². The quantitative estimate of drug-likeness (QED) is 0.441. The summed E-state index contributed by atoms with van der Waals surface area (Å²) >= 11 is 0. The molecule has 0 radical (unpaired) electrons. The zero-order valence-electron chi connectivity index (χ0n) is 9.12. The Balaban J connectivity index is 2.66. The van der Waals surface area contributed by atoms with E-state index in [2.05, 4.69) is 15.1 Å². The molecule has 2 N–H and O–H groups in total. The molecule has 1 rings (SSSR count). The highest BCUT2D eigenvalue weighted by molar-refractivity contribution is 6.32. The molecule has 0 atom stereocenters. The van der Waals surface area contributed by atoms with Crippen molar-refractivity contribution in [1.29, 1.82) is 0 Å². The van der Waals surface area contributed by atoms with Crippen molar-refractivity contribution in [3.05, 3.63) is 29.3 Å². The van der Waals surface area contributed by atoms with Crippen molar-refractivity contribution >= 4 is 7.32 Å². The highest BCUT2D eigenvalue weighted by Crippen LogP contribution is 2.23. The highest BCUT2D eigenvalue weighted by atomic mass is 16.7. The third kappa shape index (κ3) is 3.52. The first-order valence-electron chi connectivity index (χ1n) is 4.66. The minimum atomic E-state index is -1.94. The van der Waals surface area contributed by atoms with Gasteiger partial charge < -0.3 is 19.5 Å². The third-order valence-corrected chi connectivity index (χ3v) is 1.94. The molecule has 16 heavy (non-hydrogen) atoms. The molecule has 0 amide bonds. The minimum Gasteiger partial charge on any atom is -0.496 e. The van der Waals surface area contributed by atoms with E-state index in [1.54, 1.807) is 7.11 Å². The van der Waals surface area contributed by atoms with Crippen molar-refractivity contribution in [2.75, 3.05) is 7.11 Å². The first kappa shape index (κ1) is 12.5. The predicted octanol–water partition coefficient (Wildman–Crippen LogP) is 0.857. The molecular formula is C9H13BN2O4. The SMILES string of the molecule is COc1c(C)cccc1CN=NOB(O)O. The van der Waals surface area contributed by atoms with Crippen LogP contribution in [0.2, 0.25) is 0 Å². The molecule has 1 aromatic carbocycles. The van der Waals surface area contributed by atoms with Crippen molar-refractivity contribution in [2.24, 2.45) is 10.4 Å². The van der Waals surface area contributed by atoms with E-state index in [0.717, 1.165) is 16.9 Å². The van der Waals surface area contributed by atoms with E-state index in [9.17, 15) is 0 Å². The summed E-state index contributed by atoms with van der Waals surface area (Å²) in [7, 11) is -0.361. The smallest absolute Gasteiger partial charge is 0.496 e. The third-order valence-electron chi connectivity index (χ3n) is 1.94. The van der Waals surface area contributed by atoms with Gasteiger partial charge in [-0.05, 0) is 12.5 Å². The average molecular weight is 224 g/mol. The molecule has 0 bridgehead atoms. The van der Waals surface area contributed by atoms with Gasteiger partial charge in [0.25, 0.3) is 0 Å². The van der Waals surface area contributed by atoms with Crippen LogP contribution in [0.15, 0.2) is 28.6 Å². The molecule has 7 heteroatoms. The lowest BCUT2D eigenvalue weighted by Gasteiger charge is -2.08. The summed E-state index contributed by atoms with van der Waals surface area (Å²) in [6.45, 7) is 2.17. The molecule has 0 unspecified atom stereocenters. The summed E-state index contributed by atoms with van der Waals surface area (Å²) < 4.78 is 9.31. The van der Waals surface area contributed by atoms with Gasteiger partial charge in [0.1, 0.15) is 5.75 Å². The normalized spacial score (nSPS) is 10.5. The Morgan fingerprint density at radius 3 is 2.75 bits per heavy atom. The summed E-state index contributed by atoms with van der Waals surface area (Å²) in [6, 6.07) is 5.65. The maximum absolute atomic E-state index is 8.35. The van der Waals surface area contributed by atoms with E-state index in [0.29, 0.717) is 0 Å². The van der Waals surface area contributed by atoms with Crippen molar-refractivity contribution in [1.82, 2.24) is 0 Å². The van der Waals surface area contributed by atoms with Gasteiger partial charge in [-0.15, -0.1) is 0 Å². The fourth-order valence-electron chi connectivity index (χ4n) is 1.31. The van der Waals surface area contributed by atoms with Crippen LogP contribution in [0.25, 0.3) is 0 Å². The molecule has 0 saturated carbocycles. The average Bonchev–Trinajstić information content (AvgIpc) is 2.24. The maximum atomic E-state index is 8.35. The molecule has 1 aromatic rings. The monoisotopic (exact) mass is 224 g/mol. The molecule has 0 aliphatic carbocycles. The van der Waals surface area contributed by atoms with E-state index in [1.165, 1.54) is 0 Å². The standard InChI is InChI=1S/C9H13BN2O4/c1-7-4-3-5-8(9(7)15-2)6-11-12-16-10(13)14/h3-5,13-14H,6H2,1-2H3. The Morgan fingerprint density at radius 1 is 1.38 bits per heavy atom. The maximum Gasteiger partial charge on any atom is 0.730 e. The van der Waals surface area contributed by atoms with Gasteiger partial charge in [-0.2, -0.15) is 5.11 Å². The molecule has 0 spiro atoms. The first-order chi connectivity index (χ1) is 7.65. The number of methoxy groups -OCH3 is 1. The molecule has 86 valence electrons. The first-order valence-corrected chi connectivity index (χ1v) is 4.66. The van der Waals surface area contributed by atoms with Crippen molar-refractivity contribution in [3.8, 4) is 5.75 Å². The van der Waals surface area contributed by atoms with Gasteiger partial charge in [0.2, 0.25) is 0 Å². The van der Waals surface area contributed by atoms with Gasteiger partial charge in [-0.3, -0.25) is 0 Å². The Morgan fingerprint density at radius 2 is 2.12 bits per heavy atom. The summed E-state index contributed by atoms with van der Waals surface area (Å²) in [5.41, 5.74) is 1.85. The number of aryl methyl sites for hydroxylation is 1. The molecule has 0 saturated heterocycles. The van der Waals surface area contributed by atoms with E-state index < -0.39 is 7.32 Å². The zero-order valence-corrected chi connectivity index (χ0v) is 9.12. The van der Waals surface area contributed by atoms with Crippen LogP contribution in [-0.4, -0.2) is 24.5 Å². The van der Waals surface area contributed by atoms with Crippen LogP contribution in [0.1, 0.15) is 11.1 Å². The Kier molecular flexibility index (Phi) is 4.75. The number of rotatable bonds is 5. The lowest BCUT2D eigenvalue weighted by atomic mass is 10.1. The Labute approximate surface area is 93.7 Å². The van der Waals surface area contributed by atoms with Crippen LogP contribution < -0.4 is 4.74 Å². The molecule has 0 aromatic heterocycles. The number of ether oxygens (including phenoxy) is 1. The number of hydrogen-bond donors (Lipinski definition) is 2. The van der Waals surface area contributed by atoms with Crippen LogP contribution in [0.4, 0.5) is 0 Å². The van der Waals surface area contributed by atoms with Gasteiger partial charge in [0, 0.05) is 10.8 Å². The number of para-hydroxylation sites is 1. The Hall–Kier alpha value is -1.60. The highest BCUT2D eigenvalue weighted by Gasteiger charge is 2.09. The fourth-order valence-corrected chi connectivity index (χ4v) is 1.31. The van der Waals surface area contributed by atoms with E-state index in [1.807, 2.05) is 25.1 Å². The second kappa shape index (κ2) is 6.09. The molecular weight excluding hydrogens is 211 g/mol. The predicted molar refractivity (Wildman–Crippen MR) is 57.6 cm³/mol. The number of hydrogen-bond acceptors (Lipinski definition) is 6. The number of nitrogens with zero attached hydrogens (tertiary/aromatic N) is 2. The minimum absolute atomic E-state index is 0.248. The largest absolute Gasteiger partial charge is 0.730 e. The second-order valence-corrected chi connectivity index (χ2v) is 3.08. The van der Waals surface area contributed by atoms with Gasteiger partial charge in [-0.1, -0.05) is 18.2 Å². The van der Waals surface area contributed by atoms with Gasteiger partial charge >= 0.3 is 7.32 Å². The van der Waals surface area contributed by atoms with Crippen LogP contribution in [0.3, 0.4) is 0 Å².